The van der Waals surface area contributed by atoms with E-state index in [2.05, 4.69) is 6.92 Å². The smallest absolute Gasteiger partial charge is 0.152 e. The van der Waals surface area contributed by atoms with E-state index < -0.39 is 0 Å². The lowest BCUT2D eigenvalue weighted by Crippen LogP contribution is -2.17. The molecule has 0 radical (unpaired) electrons. The number of hydrogen-bond donors (Lipinski definition) is 0. The molecule has 2 nitrogen and oxygen atoms in total. The molecule has 0 aliphatic carbocycles. The van der Waals surface area contributed by atoms with Gasteiger partial charge in [-0.3, -0.25) is 4.79 Å². The zero-order valence-corrected chi connectivity index (χ0v) is 8.25. The van der Waals surface area contributed by atoms with Gasteiger partial charge in [0.2, 0.25) is 0 Å². The van der Waals surface area contributed by atoms with Gasteiger partial charge in [-0.25, -0.2) is 0 Å². The van der Waals surface area contributed by atoms with Crippen LogP contribution >= 0.6 is 0 Å². The van der Waals surface area contributed by atoms with E-state index in [0.29, 0.717) is 18.1 Å². The van der Waals surface area contributed by atoms with Gasteiger partial charge in [0.1, 0.15) is 0 Å². The van der Waals surface area contributed by atoms with Gasteiger partial charge in [0, 0.05) is 5.92 Å². The minimum atomic E-state index is 0.153. The third-order valence-electron chi connectivity index (χ3n) is 3.12. The molecule has 3 atom stereocenters. The van der Waals surface area contributed by atoms with Crippen molar-refractivity contribution >= 4 is 5.78 Å². The molecular weight excluding hydrogens is 164 g/mol. The van der Waals surface area contributed by atoms with Gasteiger partial charge in [-0.15, -0.1) is 0 Å². The highest BCUT2D eigenvalue weighted by Crippen LogP contribution is 2.41. The van der Waals surface area contributed by atoms with Crippen molar-refractivity contribution in [1.82, 2.24) is 0 Å². The molecule has 0 aromatic heterocycles. The van der Waals surface area contributed by atoms with Crippen LogP contribution in [-0.2, 0) is 9.53 Å². The zero-order chi connectivity index (χ0) is 9.42. The van der Waals surface area contributed by atoms with Gasteiger partial charge in [0.25, 0.3) is 0 Å². The second-order valence-electron chi connectivity index (χ2n) is 4.22. The van der Waals surface area contributed by atoms with Crippen LogP contribution in [0.15, 0.2) is 11.6 Å². The Kier molecular flexibility index (Phi) is 2.24. The van der Waals surface area contributed by atoms with E-state index in [1.54, 1.807) is 13.0 Å². The van der Waals surface area contributed by atoms with Crippen LogP contribution in [0.5, 0.6) is 0 Å². The number of allylic oxidation sites excluding steroid dienone is 1. The maximum atomic E-state index is 10.9. The minimum Gasteiger partial charge on any atom is -0.374 e. The zero-order valence-electron chi connectivity index (χ0n) is 8.25. The highest BCUT2D eigenvalue weighted by molar-refractivity contribution is 5.87. The summed E-state index contributed by atoms with van der Waals surface area (Å²) in [5, 5.41) is 0. The summed E-state index contributed by atoms with van der Waals surface area (Å²) in [4.78, 5) is 10.9. The Bertz CT molecular complexity index is 255. The molecule has 2 heteroatoms. The topological polar surface area (TPSA) is 26.3 Å². The van der Waals surface area contributed by atoms with E-state index in [1.165, 1.54) is 18.4 Å². The summed E-state index contributed by atoms with van der Waals surface area (Å²) in [6, 6.07) is 0. The van der Waals surface area contributed by atoms with E-state index in [4.69, 9.17) is 4.74 Å². The highest BCUT2D eigenvalue weighted by atomic mass is 16.5. The van der Waals surface area contributed by atoms with Crippen LogP contribution in [0.25, 0.3) is 0 Å². The number of fused-ring (bicyclic) bond motifs is 2. The van der Waals surface area contributed by atoms with Crippen molar-refractivity contribution < 1.29 is 9.53 Å². The molecule has 0 N–H and O–H groups in total. The van der Waals surface area contributed by atoms with Crippen molar-refractivity contribution in [2.45, 2.75) is 45.3 Å². The first kappa shape index (κ1) is 8.95. The number of ether oxygens (including phenoxy) is 1. The lowest BCUT2D eigenvalue weighted by atomic mass is 9.84. The molecule has 13 heavy (non-hydrogen) atoms. The monoisotopic (exact) mass is 180 g/mol. The third-order valence-corrected chi connectivity index (χ3v) is 3.12. The van der Waals surface area contributed by atoms with E-state index in [9.17, 15) is 4.79 Å². The summed E-state index contributed by atoms with van der Waals surface area (Å²) in [5.74, 6) is 0.669. The number of carbonyl (C=O) groups excluding carboxylic acids is 1. The molecule has 3 unspecified atom stereocenters. The normalized spacial score (nSPS) is 38.3. The first-order valence-corrected chi connectivity index (χ1v) is 5.01. The highest BCUT2D eigenvalue weighted by Gasteiger charge is 2.41. The van der Waals surface area contributed by atoms with Gasteiger partial charge in [-0.2, -0.15) is 0 Å². The van der Waals surface area contributed by atoms with Gasteiger partial charge < -0.3 is 4.74 Å². The van der Waals surface area contributed by atoms with E-state index >= 15 is 0 Å². The van der Waals surface area contributed by atoms with Crippen molar-refractivity contribution in [2.75, 3.05) is 0 Å². The van der Waals surface area contributed by atoms with Crippen molar-refractivity contribution in [3.05, 3.63) is 11.6 Å². The molecule has 2 saturated heterocycles. The number of carbonyl (C=O) groups is 1. The Balaban J connectivity index is 2.06. The lowest BCUT2D eigenvalue weighted by molar-refractivity contribution is -0.112. The molecule has 0 aromatic carbocycles. The average Bonchev–Trinajstić information content (AvgIpc) is 2.62. The lowest BCUT2D eigenvalue weighted by Gasteiger charge is -2.18. The van der Waals surface area contributed by atoms with Gasteiger partial charge in [0.15, 0.2) is 5.78 Å². The van der Waals surface area contributed by atoms with Crippen LogP contribution in [0.4, 0.5) is 0 Å². The van der Waals surface area contributed by atoms with Crippen LogP contribution < -0.4 is 0 Å². The van der Waals surface area contributed by atoms with Crippen molar-refractivity contribution in [2.24, 2.45) is 5.92 Å². The molecule has 2 fully saturated rings. The first-order chi connectivity index (χ1) is 6.16. The molecule has 2 bridgehead atoms. The van der Waals surface area contributed by atoms with Gasteiger partial charge in [-0.05, 0) is 39.2 Å². The predicted molar refractivity (Wildman–Crippen MR) is 50.4 cm³/mol. The molecule has 72 valence electrons. The average molecular weight is 180 g/mol. The van der Waals surface area contributed by atoms with Crippen LogP contribution in [0, 0.1) is 5.92 Å². The first-order valence-electron chi connectivity index (χ1n) is 5.01. The number of ketones is 1. The summed E-state index contributed by atoms with van der Waals surface area (Å²) < 4.78 is 5.74. The molecule has 2 rings (SSSR count). The fourth-order valence-corrected chi connectivity index (χ4v) is 2.54. The minimum absolute atomic E-state index is 0.153. The van der Waals surface area contributed by atoms with Crippen LogP contribution in [0.3, 0.4) is 0 Å². The number of hydrogen-bond acceptors (Lipinski definition) is 2. The maximum absolute atomic E-state index is 10.9. The van der Waals surface area contributed by atoms with Crippen LogP contribution in [-0.4, -0.2) is 18.0 Å². The largest absolute Gasteiger partial charge is 0.374 e. The standard InChI is InChI=1S/C11H16O2/c1-7(5-8(2)12)10-6-9-3-4-11(10)13-9/h5,9-11H,3-4,6H2,1-2H3/b7-5-. The summed E-state index contributed by atoms with van der Waals surface area (Å²) in [5.41, 5.74) is 1.21. The fraction of sp³-hybridized carbons (Fsp3) is 0.727. The number of rotatable bonds is 2. The van der Waals surface area contributed by atoms with E-state index in [1.807, 2.05) is 0 Å². The van der Waals surface area contributed by atoms with Gasteiger partial charge in [0.05, 0.1) is 12.2 Å². The Hall–Kier alpha value is -0.630. The predicted octanol–water partition coefficient (Wildman–Crippen LogP) is 2.09. The molecule has 0 amide bonds. The van der Waals surface area contributed by atoms with Crippen molar-refractivity contribution in [3.63, 3.8) is 0 Å². The fourth-order valence-electron chi connectivity index (χ4n) is 2.54. The van der Waals surface area contributed by atoms with Crippen molar-refractivity contribution in [3.8, 4) is 0 Å². The second kappa shape index (κ2) is 3.26. The van der Waals surface area contributed by atoms with Crippen molar-refractivity contribution in [1.29, 1.82) is 0 Å². The SMILES string of the molecule is CC(=O)/C=C(/C)C1CC2CCC1O2. The van der Waals surface area contributed by atoms with Gasteiger partial charge >= 0.3 is 0 Å². The molecule has 2 aliphatic heterocycles. The summed E-state index contributed by atoms with van der Waals surface area (Å²) in [7, 11) is 0. The summed E-state index contributed by atoms with van der Waals surface area (Å²) >= 11 is 0. The Morgan fingerprint density at radius 2 is 2.15 bits per heavy atom. The Morgan fingerprint density at radius 1 is 1.38 bits per heavy atom. The molecule has 2 heterocycles. The van der Waals surface area contributed by atoms with E-state index in [0.717, 1.165) is 6.42 Å². The molecule has 0 saturated carbocycles. The molecule has 2 aliphatic rings. The third kappa shape index (κ3) is 1.68. The van der Waals surface area contributed by atoms with Gasteiger partial charge in [-0.1, -0.05) is 5.57 Å². The summed E-state index contributed by atoms with van der Waals surface area (Å²) in [6.45, 7) is 3.66. The van der Waals surface area contributed by atoms with Crippen LogP contribution in [0.1, 0.15) is 33.1 Å². The van der Waals surface area contributed by atoms with Crippen LogP contribution in [0.2, 0.25) is 0 Å². The molecular formula is C11H16O2. The summed E-state index contributed by atoms with van der Waals surface area (Å²) in [6.07, 6.45) is 6.16. The maximum Gasteiger partial charge on any atom is 0.152 e. The second-order valence-corrected chi connectivity index (χ2v) is 4.22. The Labute approximate surface area is 79.0 Å². The van der Waals surface area contributed by atoms with E-state index in [-0.39, 0.29) is 5.78 Å². The Morgan fingerprint density at radius 3 is 2.62 bits per heavy atom. The molecule has 0 aromatic rings. The quantitative estimate of drug-likeness (QED) is 0.608. The molecule has 0 spiro atoms.